The molecule has 0 unspecified atom stereocenters. The number of carbonyl (C=O) groups is 2. The first-order chi connectivity index (χ1) is 12.6. The lowest BCUT2D eigenvalue weighted by Crippen LogP contribution is -2.50. The largest absolute Gasteiger partial charge is 0.339 e. The third kappa shape index (κ3) is 4.54. The van der Waals surface area contributed by atoms with Gasteiger partial charge < -0.3 is 15.1 Å². The number of nitrogens with zero attached hydrogens (tertiary/aromatic N) is 2. The van der Waals surface area contributed by atoms with Crippen molar-refractivity contribution in [2.75, 3.05) is 39.3 Å². The van der Waals surface area contributed by atoms with Crippen molar-refractivity contribution in [1.82, 2.24) is 15.1 Å². The Kier molecular flexibility index (Phi) is 6.48. The zero-order valence-corrected chi connectivity index (χ0v) is 15.6. The van der Waals surface area contributed by atoms with Gasteiger partial charge in [-0.15, -0.1) is 0 Å². The first-order valence-corrected chi connectivity index (χ1v) is 9.66. The third-order valence-electron chi connectivity index (χ3n) is 5.32. The van der Waals surface area contributed by atoms with Crippen molar-refractivity contribution in [3.05, 3.63) is 34.6 Å². The van der Waals surface area contributed by atoms with E-state index in [2.05, 4.69) is 5.32 Å². The number of hydrogen-bond donors (Lipinski definition) is 1. The number of halogens is 2. The molecule has 0 atom stereocenters. The highest BCUT2D eigenvalue weighted by molar-refractivity contribution is 6.33. The van der Waals surface area contributed by atoms with Crippen molar-refractivity contribution < 1.29 is 14.0 Å². The van der Waals surface area contributed by atoms with E-state index in [1.54, 1.807) is 4.90 Å². The average Bonchev–Trinajstić information content (AvgIpc) is 2.67. The summed E-state index contributed by atoms with van der Waals surface area (Å²) in [6, 6.07) is 4.23. The number of amides is 2. The number of nitrogens with one attached hydrogen (secondary N) is 1. The molecular formula is C19H25ClFN3O2. The maximum Gasteiger partial charge on any atom is 0.258 e. The van der Waals surface area contributed by atoms with Crippen LogP contribution in [0.3, 0.4) is 0 Å². The molecule has 2 heterocycles. The number of piperidine rings is 1. The SMILES string of the molecule is O=C(CCC1CCNCC1)N1CCN(C(=O)c2c(F)cccc2Cl)CC1. The summed E-state index contributed by atoms with van der Waals surface area (Å²) in [5.41, 5.74) is -0.0835. The van der Waals surface area contributed by atoms with Crippen LogP contribution in [0.5, 0.6) is 0 Å². The molecule has 2 fully saturated rings. The summed E-state index contributed by atoms with van der Waals surface area (Å²) in [6.45, 7) is 3.87. The smallest absolute Gasteiger partial charge is 0.258 e. The van der Waals surface area contributed by atoms with E-state index in [-0.39, 0.29) is 16.5 Å². The maximum absolute atomic E-state index is 13.9. The molecule has 7 heteroatoms. The van der Waals surface area contributed by atoms with Gasteiger partial charge in [0.05, 0.1) is 10.6 Å². The number of benzene rings is 1. The molecule has 2 aliphatic heterocycles. The van der Waals surface area contributed by atoms with E-state index in [1.807, 2.05) is 4.90 Å². The van der Waals surface area contributed by atoms with Gasteiger partial charge in [-0.1, -0.05) is 17.7 Å². The molecule has 0 saturated carbocycles. The molecule has 0 aromatic heterocycles. The highest BCUT2D eigenvalue weighted by atomic mass is 35.5. The van der Waals surface area contributed by atoms with Gasteiger partial charge >= 0.3 is 0 Å². The summed E-state index contributed by atoms with van der Waals surface area (Å²) in [5, 5.41) is 3.45. The predicted octanol–water partition coefficient (Wildman–Crippen LogP) is 2.54. The Morgan fingerprint density at radius 2 is 1.77 bits per heavy atom. The second kappa shape index (κ2) is 8.82. The van der Waals surface area contributed by atoms with E-state index < -0.39 is 11.7 Å². The zero-order valence-electron chi connectivity index (χ0n) is 14.8. The minimum atomic E-state index is -0.608. The molecule has 1 aromatic rings. The van der Waals surface area contributed by atoms with Gasteiger partial charge in [-0.05, 0) is 50.4 Å². The first kappa shape index (κ1) is 19.1. The zero-order chi connectivity index (χ0) is 18.5. The highest BCUT2D eigenvalue weighted by Gasteiger charge is 2.27. The summed E-state index contributed by atoms with van der Waals surface area (Å²) >= 11 is 5.98. The number of carbonyl (C=O) groups excluding carboxylic acids is 2. The van der Waals surface area contributed by atoms with E-state index in [0.29, 0.717) is 38.5 Å². The molecule has 0 bridgehead atoms. The molecular weight excluding hydrogens is 357 g/mol. The number of hydrogen-bond acceptors (Lipinski definition) is 3. The van der Waals surface area contributed by atoms with E-state index in [1.165, 1.54) is 18.2 Å². The lowest BCUT2D eigenvalue weighted by atomic mass is 9.93. The Morgan fingerprint density at radius 1 is 1.12 bits per heavy atom. The fraction of sp³-hybridized carbons (Fsp3) is 0.579. The van der Waals surface area contributed by atoms with Gasteiger partial charge in [-0.2, -0.15) is 0 Å². The monoisotopic (exact) mass is 381 g/mol. The van der Waals surface area contributed by atoms with Gasteiger partial charge in [-0.25, -0.2) is 4.39 Å². The standard InChI is InChI=1S/C19H25ClFN3O2/c20-15-2-1-3-16(21)18(15)19(26)24-12-10-23(11-13-24)17(25)5-4-14-6-8-22-9-7-14/h1-3,14,22H,4-13H2. The van der Waals surface area contributed by atoms with E-state index in [9.17, 15) is 14.0 Å². The van der Waals surface area contributed by atoms with Gasteiger partial charge in [-0.3, -0.25) is 9.59 Å². The first-order valence-electron chi connectivity index (χ1n) is 9.28. The fourth-order valence-corrected chi connectivity index (χ4v) is 3.92. The molecule has 142 valence electrons. The topological polar surface area (TPSA) is 52.7 Å². The molecule has 5 nitrogen and oxygen atoms in total. The van der Waals surface area contributed by atoms with Crippen LogP contribution >= 0.6 is 11.6 Å². The van der Waals surface area contributed by atoms with Crippen LogP contribution < -0.4 is 5.32 Å². The van der Waals surface area contributed by atoms with Crippen LogP contribution in [0.1, 0.15) is 36.0 Å². The second-order valence-corrected chi connectivity index (χ2v) is 7.41. The molecule has 1 N–H and O–H groups in total. The third-order valence-corrected chi connectivity index (χ3v) is 5.64. The average molecular weight is 382 g/mol. The molecule has 2 amide bonds. The summed E-state index contributed by atoms with van der Waals surface area (Å²) in [5.74, 6) is -0.233. The van der Waals surface area contributed by atoms with Gasteiger partial charge in [0.15, 0.2) is 0 Å². The van der Waals surface area contributed by atoms with E-state index in [0.717, 1.165) is 32.4 Å². The summed E-state index contributed by atoms with van der Waals surface area (Å²) in [7, 11) is 0. The van der Waals surface area contributed by atoms with Crippen LogP contribution in [0.15, 0.2) is 18.2 Å². The van der Waals surface area contributed by atoms with Gasteiger partial charge in [0.1, 0.15) is 5.82 Å². The quantitative estimate of drug-likeness (QED) is 0.872. The van der Waals surface area contributed by atoms with Gasteiger partial charge in [0.2, 0.25) is 5.91 Å². The lowest BCUT2D eigenvalue weighted by molar-refractivity contribution is -0.133. The molecule has 0 aliphatic carbocycles. The van der Waals surface area contributed by atoms with Crippen LogP contribution in [0, 0.1) is 11.7 Å². The Balaban J connectivity index is 1.49. The molecule has 26 heavy (non-hydrogen) atoms. The maximum atomic E-state index is 13.9. The molecule has 2 saturated heterocycles. The summed E-state index contributed by atoms with van der Waals surface area (Å²) < 4.78 is 13.9. The van der Waals surface area contributed by atoms with Gasteiger partial charge in [0, 0.05) is 32.6 Å². The van der Waals surface area contributed by atoms with Crippen molar-refractivity contribution in [3.63, 3.8) is 0 Å². The van der Waals surface area contributed by atoms with Crippen LogP contribution in [-0.4, -0.2) is 60.9 Å². The van der Waals surface area contributed by atoms with Crippen molar-refractivity contribution in [2.45, 2.75) is 25.7 Å². The summed E-state index contributed by atoms with van der Waals surface area (Å²) in [6.07, 6.45) is 3.78. The predicted molar refractivity (Wildman–Crippen MR) is 98.7 cm³/mol. The molecule has 0 radical (unpaired) electrons. The van der Waals surface area contributed by atoms with Crippen molar-refractivity contribution in [2.24, 2.45) is 5.92 Å². The van der Waals surface area contributed by atoms with Crippen LogP contribution in [0.4, 0.5) is 4.39 Å². The second-order valence-electron chi connectivity index (χ2n) is 7.00. The Labute approximate surface area is 158 Å². The highest BCUT2D eigenvalue weighted by Crippen LogP contribution is 2.22. The number of rotatable bonds is 4. The Hall–Kier alpha value is -1.66. The molecule has 3 rings (SSSR count). The van der Waals surface area contributed by atoms with Gasteiger partial charge in [0.25, 0.3) is 5.91 Å². The van der Waals surface area contributed by atoms with Crippen molar-refractivity contribution in [1.29, 1.82) is 0 Å². The normalized spacial score (nSPS) is 18.8. The molecule has 0 spiro atoms. The fourth-order valence-electron chi connectivity index (χ4n) is 3.68. The number of piperazine rings is 1. The van der Waals surface area contributed by atoms with Crippen molar-refractivity contribution >= 4 is 23.4 Å². The van der Waals surface area contributed by atoms with Crippen LogP contribution in [-0.2, 0) is 4.79 Å². The van der Waals surface area contributed by atoms with Crippen LogP contribution in [0.25, 0.3) is 0 Å². The Morgan fingerprint density at radius 3 is 2.42 bits per heavy atom. The minimum absolute atomic E-state index is 0.0835. The molecule has 2 aliphatic rings. The minimum Gasteiger partial charge on any atom is -0.339 e. The van der Waals surface area contributed by atoms with E-state index >= 15 is 0 Å². The van der Waals surface area contributed by atoms with Crippen LogP contribution in [0.2, 0.25) is 5.02 Å². The molecule has 1 aromatic carbocycles. The van der Waals surface area contributed by atoms with Crippen molar-refractivity contribution in [3.8, 4) is 0 Å². The summed E-state index contributed by atoms with van der Waals surface area (Å²) in [4.78, 5) is 28.3. The Bertz CT molecular complexity index is 636. The van der Waals surface area contributed by atoms with E-state index in [4.69, 9.17) is 11.6 Å². The lowest BCUT2D eigenvalue weighted by Gasteiger charge is -2.35.